The van der Waals surface area contributed by atoms with Crippen LogP contribution in [-0.4, -0.2) is 44.9 Å². The van der Waals surface area contributed by atoms with Gasteiger partial charge < -0.3 is 15.3 Å². The number of nitrogens with two attached hydrogens (primary N) is 1. The van der Waals surface area contributed by atoms with Crippen molar-refractivity contribution in [2.75, 3.05) is 13.2 Å². The molecule has 0 aliphatic heterocycles. The maximum absolute atomic E-state index is 13.3. The van der Waals surface area contributed by atoms with Gasteiger partial charge in [-0.3, -0.25) is 0 Å². The summed E-state index contributed by atoms with van der Waals surface area (Å²) in [5.41, 5.74) is 13.9. The van der Waals surface area contributed by atoms with Gasteiger partial charge in [0.15, 0.2) is 8.32 Å². The number of aliphatic hydroxyl groups excluding tert-OH is 1. The molecule has 0 radical (unpaired) electrons. The first-order chi connectivity index (χ1) is 9.78. The molecule has 0 fully saturated rings. The predicted molar refractivity (Wildman–Crippen MR) is 80.7 cm³/mol. The van der Waals surface area contributed by atoms with Crippen LogP contribution < -0.4 is 5.73 Å². The molecule has 6 nitrogen and oxygen atoms in total. The molecule has 3 N–H and O–H groups in total. The zero-order valence-electron chi connectivity index (χ0n) is 13.6. The van der Waals surface area contributed by atoms with Crippen LogP contribution in [0.3, 0.4) is 0 Å². The molecule has 0 saturated carbocycles. The van der Waals surface area contributed by atoms with Crippen LogP contribution in [0, 0.1) is 5.92 Å². The molecule has 0 aromatic carbocycles. The molecule has 0 rings (SSSR count). The van der Waals surface area contributed by atoms with Gasteiger partial charge in [0.2, 0.25) is 0 Å². The number of rotatable bonds is 7. The van der Waals surface area contributed by atoms with Crippen molar-refractivity contribution in [2.45, 2.75) is 57.2 Å². The predicted octanol–water partition coefficient (Wildman–Crippen LogP) is 3.19. The fourth-order valence-corrected chi connectivity index (χ4v) is 2.98. The minimum atomic E-state index is -4.64. The van der Waals surface area contributed by atoms with Crippen molar-refractivity contribution in [1.82, 2.24) is 0 Å². The quantitative estimate of drug-likeness (QED) is 0.321. The van der Waals surface area contributed by atoms with Crippen molar-refractivity contribution in [3.63, 3.8) is 0 Å². The summed E-state index contributed by atoms with van der Waals surface area (Å²) < 4.78 is 45.6. The van der Waals surface area contributed by atoms with E-state index in [1.807, 2.05) is 20.8 Å². The number of aliphatic hydroxyl groups is 1. The first-order valence-electron chi connectivity index (χ1n) is 6.89. The van der Waals surface area contributed by atoms with Crippen molar-refractivity contribution in [3.8, 4) is 0 Å². The van der Waals surface area contributed by atoms with Crippen LogP contribution in [0.25, 0.3) is 10.4 Å². The Morgan fingerprint density at radius 1 is 1.32 bits per heavy atom. The first-order valence-corrected chi connectivity index (χ1v) is 9.80. The summed E-state index contributed by atoms with van der Waals surface area (Å²) in [6, 6.07) is -1.21. The topological polar surface area (TPSA) is 104 Å². The Morgan fingerprint density at radius 2 is 1.82 bits per heavy atom. The van der Waals surface area contributed by atoms with E-state index in [1.54, 1.807) is 13.1 Å². The van der Waals surface area contributed by atoms with Gasteiger partial charge in [0.05, 0.1) is 24.7 Å². The summed E-state index contributed by atoms with van der Waals surface area (Å²) in [6.45, 7) is 7.79. The molecule has 0 bridgehead atoms. The molecule has 0 unspecified atom stereocenters. The molecule has 0 aliphatic carbocycles. The van der Waals surface area contributed by atoms with Crippen LogP contribution >= 0.6 is 0 Å². The summed E-state index contributed by atoms with van der Waals surface area (Å²) >= 11 is 0. The van der Waals surface area contributed by atoms with E-state index < -0.39 is 45.7 Å². The van der Waals surface area contributed by atoms with Gasteiger partial charge in [-0.25, -0.2) is 0 Å². The van der Waals surface area contributed by atoms with E-state index in [4.69, 9.17) is 15.7 Å². The summed E-state index contributed by atoms with van der Waals surface area (Å²) in [7, 11) is -2.55. The molecule has 0 spiro atoms. The van der Waals surface area contributed by atoms with Gasteiger partial charge in [0, 0.05) is 11.5 Å². The summed E-state index contributed by atoms with van der Waals surface area (Å²) in [5.74, 6) is -2.06. The van der Waals surface area contributed by atoms with Gasteiger partial charge in [-0.2, -0.15) is 13.2 Å². The van der Waals surface area contributed by atoms with Crippen LogP contribution in [0.1, 0.15) is 20.8 Å². The highest BCUT2D eigenvalue weighted by molar-refractivity contribution is 6.74. The van der Waals surface area contributed by atoms with Crippen LogP contribution in [0.15, 0.2) is 5.11 Å². The van der Waals surface area contributed by atoms with Crippen molar-refractivity contribution >= 4 is 8.32 Å². The number of hydrogen-bond acceptors (Lipinski definition) is 4. The normalized spacial score (nSPS) is 17.5. The molecule has 0 amide bonds. The zero-order valence-corrected chi connectivity index (χ0v) is 14.6. The molecular weight excluding hydrogens is 317 g/mol. The average Bonchev–Trinajstić information content (AvgIpc) is 2.33. The van der Waals surface area contributed by atoms with Crippen molar-refractivity contribution in [2.24, 2.45) is 16.8 Å². The van der Waals surface area contributed by atoms with Crippen LogP contribution in [0.2, 0.25) is 18.1 Å². The smallest absolute Gasteiger partial charge is 0.394 e. The Kier molecular flexibility index (Phi) is 7.37. The number of hydrogen-bond donors (Lipinski definition) is 2. The van der Waals surface area contributed by atoms with E-state index in [2.05, 4.69) is 10.0 Å². The summed E-state index contributed by atoms with van der Waals surface area (Å²) in [5, 5.41) is 11.9. The third-order valence-electron chi connectivity index (χ3n) is 4.03. The highest BCUT2D eigenvalue weighted by Crippen LogP contribution is 2.40. The van der Waals surface area contributed by atoms with Gasteiger partial charge in [-0.05, 0) is 23.7 Å². The third-order valence-corrected chi connectivity index (χ3v) is 8.50. The van der Waals surface area contributed by atoms with Gasteiger partial charge in [-0.15, -0.1) is 0 Å². The van der Waals surface area contributed by atoms with Gasteiger partial charge in [0.25, 0.3) is 0 Å². The average molecular weight is 342 g/mol. The molecule has 0 aliphatic rings. The molecule has 22 heavy (non-hydrogen) atoms. The van der Waals surface area contributed by atoms with E-state index in [9.17, 15) is 18.3 Å². The Morgan fingerprint density at radius 3 is 2.14 bits per heavy atom. The van der Waals surface area contributed by atoms with E-state index in [-0.39, 0.29) is 5.04 Å². The van der Waals surface area contributed by atoms with E-state index in [0.29, 0.717) is 0 Å². The van der Waals surface area contributed by atoms with Crippen molar-refractivity contribution in [1.29, 1.82) is 0 Å². The molecule has 10 heteroatoms. The van der Waals surface area contributed by atoms with Crippen molar-refractivity contribution in [3.05, 3.63) is 10.4 Å². The standard InChI is InChI=1S/C12H25F3N4O2Si/c1-11(2,3)22(4,5)21-10(9(16)7-20)8(6-18-19-17)12(13,14)15/h8-10,20H,6-7,16H2,1-5H3/t8-,9+,10+/m0/s1. The summed E-state index contributed by atoms with van der Waals surface area (Å²) in [4.78, 5) is 2.38. The molecular formula is C12H25F3N4O2Si. The highest BCUT2D eigenvalue weighted by Gasteiger charge is 2.50. The van der Waals surface area contributed by atoms with E-state index in [1.165, 1.54) is 0 Å². The van der Waals surface area contributed by atoms with Crippen LogP contribution in [0.5, 0.6) is 0 Å². The molecule has 0 heterocycles. The molecule has 0 saturated heterocycles. The lowest BCUT2D eigenvalue weighted by Gasteiger charge is -2.43. The fourth-order valence-electron chi connectivity index (χ4n) is 1.61. The Balaban J connectivity index is 5.63. The summed E-state index contributed by atoms with van der Waals surface area (Å²) in [6.07, 6.45) is -6.11. The zero-order chi connectivity index (χ0) is 17.8. The van der Waals surface area contributed by atoms with Gasteiger partial charge in [0.1, 0.15) is 0 Å². The lowest BCUT2D eigenvalue weighted by molar-refractivity contribution is -0.197. The van der Waals surface area contributed by atoms with E-state index in [0.717, 1.165) is 0 Å². The second kappa shape index (κ2) is 7.65. The molecule has 3 atom stereocenters. The van der Waals surface area contributed by atoms with Crippen molar-refractivity contribution < 1.29 is 22.7 Å². The van der Waals surface area contributed by atoms with Crippen LogP contribution in [0.4, 0.5) is 13.2 Å². The Bertz CT molecular complexity index is 406. The number of azide groups is 1. The number of alkyl halides is 3. The molecule has 130 valence electrons. The highest BCUT2D eigenvalue weighted by atomic mass is 28.4. The SMILES string of the molecule is CC(C)(C)[Si](C)(C)O[C@@H]([C@H](N)CO)[C@H](CN=[N+]=[N-])C(F)(F)F. The number of halogens is 3. The van der Waals surface area contributed by atoms with E-state index >= 15 is 0 Å². The Labute approximate surface area is 129 Å². The second-order valence-electron chi connectivity index (χ2n) is 6.75. The largest absolute Gasteiger partial charge is 0.412 e. The molecule has 0 aromatic heterocycles. The van der Waals surface area contributed by atoms with Gasteiger partial charge in [-0.1, -0.05) is 25.9 Å². The second-order valence-corrected chi connectivity index (χ2v) is 11.5. The number of nitrogens with zero attached hydrogens (tertiary/aromatic N) is 3. The minimum Gasteiger partial charge on any atom is -0.412 e. The fraction of sp³-hybridized carbons (Fsp3) is 1.00. The minimum absolute atomic E-state index is 0.324. The maximum atomic E-state index is 13.3. The van der Waals surface area contributed by atoms with Crippen LogP contribution in [-0.2, 0) is 4.43 Å². The Hall–Kier alpha value is -0.803. The maximum Gasteiger partial charge on any atom is 0.394 e. The monoisotopic (exact) mass is 342 g/mol. The third kappa shape index (κ3) is 5.77. The lowest BCUT2D eigenvalue weighted by Crippen LogP contribution is -2.56. The van der Waals surface area contributed by atoms with Gasteiger partial charge >= 0.3 is 6.18 Å². The first kappa shape index (κ1) is 21.2. The molecule has 0 aromatic rings. The lowest BCUT2D eigenvalue weighted by atomic mass is 9.96.